The summed E-state index contributed by atoms with van der Waals surface area (Å²) in [6.07, 6.45) is -4.23. The molecule has 1 saturated heterocycles. The highest BCUT2D eigenvalue weighted by molar-refractivity contribution is 5.60. The Bertz CT molecular complexity index is 550. The van der Waals surface area contributed by atoms with E-state index in [1.807, 2.05) is 6.07 Å². The minimum absolute atomic E-state index is 0.0611. The van der Waals surface area contributed by atoms with Crippen LogP contribution >= 0.6 is 0 Å². The van der Waals surface area contributed by atoms with E-state index in [9.17, 15) is 17.6 Å². The molecular formula is C14H15F4N3. The highest BCUT2D eigenvalue weighted by Gasteiger charge is 2.35. The maximum atomic E-state index is 13.6. The third-order valence-electron chi connectivity index (χ3n) is 3.59. The Kier molecular flexibility index (Phi) is 4.37. The number of anilines is 1. The van der Waals surface area contributed by atoms with Crippen LogP contribution in [0.2, 0.25) is 0 Å². The Labute approximate surface area is 120 Å². The molecule has 0 N–H and O–H groups in total. The van der Waals surface area contributed by atoms with E-state index in [4.69, 9.17) is 5.26 Å². The van der Waals surface area contributed by atoms with Gasteiger partial charge in [-0.2, -0.15) is 18.4 Å². The Morgan fingerprint density at radius 1 is 1.33 bits per heavy atom. The van der Waals surface area contributed by atoms with E-state index in [0.717, 1.165) is 0 Å². The number of piperazine rings is 1. The molecule has 1 unspecified atom stereocenters. The monoisotopic (exact) mass is 301 g/mol. The molecule has 2 rings (SSSR count). The summed E-state index contributed by atoms with van der Waals surface area (Å²) in [6, 6.07) is 5.81. The average Bonchev–Trinajstić information content (AvgIpc) is 2.39. The Morgan fingerprint density at radius 2 is 2.05 bits per heavy atom. The molecular weight excluding hydrogens is 286 g/mol. The molecule has 114 valence electrons. The first-order chi connectivity index (χ1) is 9.81. The van der Waals surface area contributed by atoms with Gasteiger partial charge in [-0.25, -0.2) is 4.39 Å². The summed E-state index contributed by atoms with van der Waals surface area (Å²) >= 11 is 0. The molecule has 0 spiro atoms. The Hall–Kier alpha value is -1.81. The van der Waals surface area contributed by atoms with E-state index in [0.29, 0.717) is 18.8 Å². The lowest BCUT2D eigenvalue weighted by Gasteiger charge is -2.41. The van der Waals surface area contributed by atoms with Crippen LogP contribution in [0.15, 0.2) is 18.2 Å². The molecule has 1 fully saturated rings. The molecule has 3 nitrogen and oxygen atoms in total. The number of alkyl halides is 3. The van der Waals surface area contributed by atoms with Gasteiger partial charge in [0, 0.05) is 25.7 Å². The van der Waals surface area contributed by atoms with Crippen molar-refractivity contribution in [1.82, 2.24) is 4.90 Å². The average molecular weight is 301 g/mol. The number of benzene rings is 1. The third kappa shape index (κ3) is 3.64. The van der Waals surface area contributed by atoms with Crippen molar-refractivity contribution in [2.24, 2.45) is 0 Å². The number of halogens is 4. The Morgan fingerprint density at radius 3 is 2.62 bits per heavy atom. The standard InChI is InChI=1S/C14H15F4N3/c1-10-8-20(5-6-21(10)9-14(16,17)18)13-4-2-3-12(15)11(13)7-19/h2-4,10H,5-6,8-9H2,1H3. The summed E-state index contributed by atoms with van der Waals surface area (Å²) in [6.45, 7) is 1.63. The SMILES string of the molecule is CC1CN(c2cccc(F)c2C#N)CCN1CC(F)(F)F. The number of hydrogen-bond donors (Lipinski definition) is 0. The van der Waals surface area contributed by atoms with Crippen LogP contribution in [0.3, 0.4) is 0 Å². The topological polar surface area (TPSA) is 30.3 Å². The number of nitrogens with zero attached hydrogens (tertiary/aromatic N) is 3. The third-order valence-corrected chi connectivity index (χ3v) is 3.59. The van der Waals surface area contributed by atoms with Crippen LogP contribution in [0.5, 0.6) is 0 Å². The predicted octanol–water partition coefficient (Wildman–Crippen LogP) is 2.77. The van der Waals surface area contributed by atoms with Gasteiger partial charge in [0.05, 0.1) is 12.2 Å². The lowest BCUT2D eigenvalue weighted by molar-refractivity contribution is -0.150. The molecule has 1 aromatic carbocycles. The van der Waals surface area contributed by atoms with Crippen LogP contribution in [-0.4, -0.2) is 43.3 Å². The molecule has 21 heavy (non-hydrogen) atoms. The van der Waals surface area contributed by atoms with E-state index >= 15 is 0 Å². The van der Waals surface area contributed by atoms with Crippen molar-refractivity contribution >= 4 is 5.69 Å². The van der Waals surface area contributed by atoms with Crippen LogP contribution in [0, 0.1) is 17.1 Å². The minimum atomic E-state index is -4.23. The van der Waals surface area contributed by atoms with Crippen LogP contribution in [-0.2, 0) is 0 Å². The van der Waals surface area contributed by atoms with E-state index < -0.39 is 18.5 Å². The summed E-state index contributed by atoms with van der Waals surface area (Å²) in [5, 5.41) is 9.02. The van der Waals surface area contributed by atoms with Crippen molar-refractivity contribution < 1.29 is 17.6 Å². The van der Waals surface area contributed by atoms with Gasteiger partial charge in [0.15, 0.2) is 0 Å². The maximum absolute atomic E-state index is 13.6. The van der Waals surface area contributed by atoms with Gasteiger partial charge in [0.2, 0.25) is 0 Å². The van der Waals surface area contributed by atoms with Crippen LogP contribution < -0.4 is 4.90 Å². The second-order valence-corrected chi connectivity index (χ2v) is 5.13. The molecule has 0 aliphatic carbocycles. The molecule has 1 heterocycles. The largest absolute Gasteiger partial charge is 0.401 e. The summed E-state index contributed by atoms with van der Waals surface area (Å²) in [4.78, 5) is 3.11. The van der Waals surface area contributed by atoms with E-state index in [2.05, 4.69) is 0 Å². The van der Waals surface area contributed by atoms with Gasteiger partial charge in [0.1, 0.15) is 17.4 Å². The highest BCUT2D eigenvalue weighted by atomic mass is 19.4. The van der Waals surface area contributed by atoms with Crippen molar-refractivity contribution in [2.45, 2.75) is 19.1 Å². The summed E-state index contributed by atoms with van der Waals surface area (Å²) in [7, 11) is 0. The molecule has 0 saturated carbocycles. The zero-order valence-corrected chi connectivity index (χ0v) is 11.5. The molecule has 1 aromatic rings. The molecule has 1 atom stereocenters. The van der Waals surface area contributed by atoms with Gasteiger partial charge >= 0.3 is 6.18 Å². The van der Waals surface area contributed by atoms with Crippen molar-refractivity contribution in [1.29, 1.82) is 5.26 Å². The molecule has 0 bridgehead atoms. The fourth-order valence-electron chi connectivity index (χ4n) is 2.57. The first kappa shape index (κ1) is 15.6. The predicted molar refractivity (Wildman–Crippen MR) is 70.4 cm³/mol. The second kappa shape index (κ2) is 5.90. The summed E-state index contributed by atoms with van der Waals surface area (Å²) in [5.41, 5.74) is 0.380. The van der Waals surface area contributed by atoms with E-state index in [1.165, 1.54) is 17.0 Å². The van der Waals surface area contributed by atoms with Gasteiger partial charge in [-0.1, -0.05) is 6.07 Å². The fraction of sp³-hybridized carbons (Fsp3) is 0.500. The quantitative estimate of drug-likeness (QED) is 0.787. The van der Waals surface area contributed by atoms with Crippen LogP contribution in [0.4, 0.5) is 23.2 Å². The lowest BCUT2D eigenvalue weighted by Crippen LogP contribution is -2.54. The molecule has 1 aliphatic heterocycles. The molecule has 1 aliphatic rings. The number of hydrogen-bond acceptors (Lipinski definition) is 3. The van der Waals surface area contributed by atoms with Crippen molar-refractivity contribution in [3.8, 4) is 6.07 Å². The molecule has 7 heteroatoms. The molecule has 0 amide bonds. The normalized spacial score (nSPS) is 20.4. The zero-order valence-electron chi connectivity index (χ0n) is 11.5. The van der Waals surface area contributed by atoms with Gasteiger partial charge in [0.25, 0.3) is 0 Å². The maximum Gasteiger partial charge on any atom is 0.401 e. The summed E-state index contributed by atoms with van der Waals surface area (Å²) in [5.74, 6) is -0.611. The minimum Gasteiger partial charge on any atom is -0.368 e. The van der Waals surface area contributed by atoms with Crippen LogP contribution in [0.25, 0.3) is 0 Å². The summed E-state index contributed by atoms with van der Waals surface area (Å²) < 4.78 is 51.0. The zero-order chi connectivity index (χ0) is 15.6. The second-order valence-electron chi connectivity index (χ2n) is 5.13. The van der Waals surface area contributed by atoms with Crippen molar-refractivity contribution in [3.63, 3.8) is 0 Å². The first-order valence-electron chi connectivity index (χ1n) is 6.56. The number of rotatable bonds is 2. The van der Waals surface area contributed by atoms with E-state index in [1.54, 1.807) is 17.9 Å². The van der Waals surface area contributed by atoms with Crippen molar-refractivity contribution in [3.05, 3.63) is 29.6 Å². The Balaban J connectivity index is 2.13. The van der Waals surface area contributed by atoms with Gasteiger partial charge < -0.3 is 4.90 Å². The first-order valence-corrected chi connectivity index (χ1v) is 6.56. The van der Waals surface area contributed by atoms with Gasteiger partial charge in [-0.3, -0.25) is 4.90 Å². The van der Waals surface area contributed by atoms with Gasteiger partial charge in [-0.15, -0.1) is 0 Å². The highest BCUT2D eigenvalue weighted by Crippen LogP contribution is 2.26. The van der Waals surface area contributed by atoms with Crippen LogP contribution in [0.1, 0.15) is 12.5 Å². The molecule has 0 aromatic heterocycles. The van der Waals surface area contributed by atoms with Crippen molar-refractivity contribution in [2.75, 3.05) is 31.1 Å². The fourth-order valence-corrected chi connectivity index (χ4v) is 2.57. The molecule has 0 radical (unpaired) electrons. The lowest BCUT2D eigenvalue weighted by atomic mass is 10.1. The van der Waals surface area contributed by atoms with Gasteiger partial charge in [-0.05, 0) is 19.1 Å². The van der Waals surface area contributed by atoms with E-state index in [-0.39, 0.29) is 18.2 Å². The number of nitriles is 1. The smallest absolute Gasteiger partial charge is 0.368 e.